The topological polar surface area (TPSA) is 37.8 Å². The highest BCUT2D eigenvalue weighted by Crippen LogP contribution is 2.40. The molecule has 0 saturated heterocycles. The van der Waals surface area contributed by atoms with E-state index >= 15 is 0 Å². The van der Waals surface area contributed by atoms with Crippen LogP contribution >= 0.6 is 54.5 Å². The van der Waals surface area contributed by atoms with Gasteiger partial charge in [-0.15, -0.1) is 21.5 Å². The first-order chi connectivity index (χ1) is 8.11. The molecule has 0 bridgehead atoms. The van der Waals surface area contributed by atoms with Crippen molar-refractivity contribution in [3.8, 4) is 10.6 Å². The quantitative estimate of drug-likeness (QED) is 0.828. The van der Waals surface area contributed by atoms with Gasteiger partial charge in [0.25, 0.3) is 0 Å². The van der Waals surface area contributed by atoms with Crippen LogP contribution < -0.4 is 5.32 Å². The van der Waals surface area contributed by atoms with Crippen molar-refractivity contribution < 1.29 is 0 Å². The van der Waals surface area contributed by atoms with Crippen LogP contribution in [0.25, 0.3) is 10.6 Å². The molecule has 2 aromatic heterocycles. The second kappa shape index (κ2) is 5.88. The molecule has 17 heavy (non-hydrogen) atoms. The molecular formula is C10H11Br2N3S2. The minimum atomic E-state index is 0.257. The van der Waals surface area contributed by atoms with Crippen molar-refractivity contribution in [1.82, 2.24) is 15.5 Å². The number of hydrogen-bond donors (Lipinski definition) is 1. The molecule has 2 heterocycles. The molecule has 1 unspecified atom stereocenters. The van der Waals surface area contributed by atoms with Crippen molar-refractivity contribution >= 4 is 54.5 Å². The number of rotatable bonds is 4. The second-order valence-corrected chi connectivity index (χ2v) is 8.22. The molecule has 2 aromatic rings. The second-order valence-electron chi connectivity index (χ2n) is 3.46. The number of hydrogen-bond acceptors (Lipinski definition) is 5. The van der Waals surface area contributed by atoms with Gasteiger partial charge < -0.3 is 5.32 Å². The molecule has 2 rings (SSSR count). The maximum Gasteiger partial charge on any atom is 0.149 e. The number of aromatic nitrogens is 2. The minimum absolute atomic E-state index is 0.257. The Bertz CT molecular complexity index is 509. The normalized spacial score (nSPS) is 12.9. The van der Waals surface area contributed by atoms with Crippen LogP contribution in [0.3, 0.4) is 0 Å². The molecule has 0 aliphatic rings. The molecule has 0 spiro atoms. The largest absolute Gasteiger partial charge is 0.308 e. The van der Waals surface area contributed by atoms with Gasteiger partial charge in [0, 0.05) is 5.56 Å². The van der Waals surface area contributed by atoms with Gasteiger partial charge in [-0.25, -0.2) is 0 Å². The molecule has 92 valence electrons. The first-order valence-corrected chi connectivity index (χ1v) is 8.35. The van der Waals surface area contributed by atoms with Gasteiger partial charge in [0.2, 0.25) is 0 Å². The van der Waals surface area contributed by atoms with E-state index in [0.717, 1.165) is 29.7 Å². The molecule has 0 saturated carbocycles. The predicted octanol–water partition coefficient (Wildman–Crippen LogP) is 4.46. The molecule has 7 heteroatoms. The summed E-state index contributed by atoms with van der Waals surface area (Å²) in [5, 5.41) is 13.8. The van der Waals surface area contributed by atoms with Crippen LogP contribution in [0.1, 0.15) is 24.9 Å². The fraction of sp³-hybridized carbons (Fsp3) is 0.400. The summed E-state index contributed by atoms with van der Waals surface area (Å²) >= 11 is 10.3. The predicted molar refractivity (Wildman–Crippen MR) is 80.7 cm³/mol. The van der Waals surface area contributed by atoms with E-state index in [2.05, 4.69) is 67.3 Å². The number of nitrogens with one attached hydrogen (secondary N) is 1. The molecule has 0 amide bonds. The molecule has 0 radical (unpaired) electrons. The Morgan fingerprint density at radius 2 is 2.12 bits per heavy atom. The van der Waals surface area contributed by atoms with E-state index in [1.54, 1.807) is 22.7 Å². The standard InChI is InChI=1S/C10H11Br2N3S2/c1-3-13-5(2)9-14-15-10(17-9)6-4-7(11)16-8(6)12/h4-5,13H,3H2,1-2H3. The first kappa shape index (κ1) is 13.6. The van der Waals surface area contributed by atoms with Crippen LogP contribution in [0.5, 0.6) is 0 Å². The van der Waals surface area contributed by atoms with Gasteiger partial charge in [-0.05, 0) is 51.4 Å². The Balaban J connectivity index is 2.26. The van der Waals surface area contributed by atoms with Crippen LogP contribution in [0.15, 0.2) is 13.6 Å². The first-order valence-electron chi connectivity index (χ1n) is 5.13. The van der Waals surface area contributed by atoms with Gasteiger partial charge in [-0.2, -0.15) is 0 Å². The zero-order valence-electron chi connectivity index (χ0n) is 9.33. The molecule has 3 nitrogen and oxygen atoms in total. The van der Waals surface area contributed by atoms with Crippen LogP contribution in [0, 0.1) is 0 Å². The van der Waals surface area contributed by atoms with Crippen molar-refractivity contribution in [3.05, 3.63) is 18.6 Å². The molecular weight excluding hydrogens is 386 g/mol. The van der Waals surface area contributed by atoms with Crippen molar-refractivity contribution in [2.45, 2.75) is 19.9 Å². The van der Waals surface area contributed by atoms with Crippen molar-refractivity contribution in [1.29, 1.82) is 0 Å². The lowest BCUT2D eigenvalue weighted by Crippen LogP contribution is -2.17. The van der Waals surface area contributed by atoms with Crippen molar-refractivity contribution in [2.75, 3.05) is 6.54 Å². The van der Waals surface area contributed by atoms with Crippen molar-refractivity contribution in [3.63, 3.8) is 0 Å². The monoisotopic (exact) mass is 395 g/mol. The fourth-order valence-electron chi connectivity index (χ4n) is 1.40. The van der Waals surface area contributed by atoms with Gasteiger partial charge in [-0.3, -0.25) is 0 Å². The molecule has 0 aliphatic heterocycles. The smallest absolute Gasteiger partial charge is 0.149 e. The Morgan fingerprint density at radius 1 is 1.35 bits per heavy atom. The third-order valence-electron chi connectivity index (χ3n) is 2.21. The summed E-state index contributed by atoms with van der Waals surface area (Å²) in [6, 6.07) is 2.32. The minimum Gasteiger partial charge on any atom is -0.308 e. The van der Waals surface area contributed by atoms with Gasteiger partial charge in [-0.1, -0.05) is 18.3 Å². The Morgan fingerprint density at radius 3 is 2.71 bits per heavy atom. The summed E-state index contributed by atoms with van der Waals surface area (Å²) in [7, 11) is 0. The Hall–Kier alpha value is 0.180. The van der Waals surface area contributed by atoms with E-state index in [1.807, 2.05) is 0 Å². The molecule has 1 atom stereocenters. The summed E-state index contributed by atoms with van der Waals surface area (Å²) in [6.45, 7) is 5.13. The zero-order valence-corrected chi connectivity index (χ0v) is 14.1. The van der Waals surface area contributed by atoms with Gasteiger partial charge in [0.1, 0.15) is 10.0 Å². The van der Waals surface area contributed by atoms with E-state index in [1.165, 1.54) is 0 Å². The van der Waals surface area contributed by atoms with Crippen LogP contribution in [0.2, 0.25) is 0 Å². The van der Waals surface area contributed by atoms with E-state index in [0.29, 0.717) is 0 Å². The summed E-state index contributed by atoms with van der Waals surface area (Å²) < 4.78 is 2.18. The summed E-state index contributed by atoms with van der Waals surface area (Å²) in [6.07, 6.45) is 0. The molecule has 0 aliphatic carbocycles. The van der Waals surface area contributed by atoms with Crippen molar-refractivity contribution in [2.24, 2.45) is 0 Å². The summed E-state index contributed by atoms with van der Waals surface area (Å²) in [5.74, 6) is 0. The number of halogens is 2. The van der Waals surface area contributed by atoms with E-state index in [9.17, 15) is 0 Å². The molecule has 0 fully saturated rings. The average Bonchev–Trinajstić information content (AvgIpc) is 2.85. The summed E-state index contributed by atoms with van der Waals surface area (Å²) in [4.78, 5) is 0. The van der Waals surface area contributed by atoms with Crippen LogP contribution in [0.4, 0.5) is 0 Å². The van der Waals surface area contributed by atoms with E-state index in [-0.39, 0.29) is 6.04 Å². The Kier molecular flexibility index (Phi) is 4.71. The SMILES string of the molecule is CCNC(C)c1nnc(-c2cc(Br)sc2Br)s1. The highest BCUT2D eigenvalue weighted by Gasteiger charge is 2.15. The lowest BCUT2D eigenvalue weighted by molar-refractivity contribution is 0.590. The summed E-state index contributed by atoms with van der Waals surface area (Å²) in [5.41, 5.74) is 1.11. The highest BCUT2D eigenvalue weighted by atomic mass is 79.9. The maximum atomic E-state index is 4.25. The van der Waals surface area contributed by atoms with Gasteiger partial charge >= 0.3 is 0 Å². The average molecular weight is 397 g/mol. The molecule has 1 N–H and O–H groups in total. The lowest BCUT2D eigenvalue weighted by atomic mass is 10.3. The number of thiophene rings is 1. The van der Waals surface area contributed by atoms with Crippen LogP contribution in [-0.4, -0.2) is 16.7 Å². The Labute approximate surface area is 125 Å². The third-order valence-corrected chi connectivity index (χ3v) is 5.69. The van der Waals surface area contributed by atoms with Gasteiger partial charge in [0.15, 0.2) is 0 Å². The highest BCUT2D eigenvalue weighted by molar-refractivity contribution is 9.12. The molecule has 0 aromatic carbocycles. The number of nitrogens with zero attached hydrogens (tertiary/aromatic N) is 2. The van der Waals surface area contributed by atoms with E-state index in [4.69, 9.17) is 0 Å². The van der Waals surface area contributed by atoms with Gasteiger partial charge in [0.05, 0.1) is 13.6 Å². The van der Waals surface area contributed by atoms with E-state index < -0.39 is 0 Å². The fourth-order valence-corrected chi connectivity index (χ4v) is 5.29. The third kappa shape index (κ3) is 3.14. The lowest BCUT2D eigenvalue weighted by Gasteiger charge is -2.06. The van der Waals surface area contributed by atoms with Crippen LogP contribution in [-0.2, 0) is 0 Å². The maximum absolute atomic E-state index is 4.25. The zero-order chi connectivity index (χ0) is 12.4.